The van der Waals surface area contributed by atoms with Crippen LogP contribution in [0.4, 0.5) is 26.3 Å². The monoisotopic (exact) mass is 433 g/mol. The number of sulfonamides is 2. The first kappa shape index (κ1) is 24.7. The number of aryl methyl sites for hydroxylation is 2. The van der Waals surface area contributed by atoms with Gasteiger partial charge in [-0.15, -0.1) is 0 Å². The van der Waals surface area contributed by atoms with Gasteiger partial charge in [-0.1, -0.05) is 24.4 Å². The van der Waals surface area contributed by atoms with Gasteiger partial charge in [0.2, 0.25) is 0 Å². The molecule has 15 heteroatoms. The lowest BCUT2D eigenvalue weighted by atomic mass is 10.3. The van der Waals surface area contributed by atoms with Crippen molar-refractivity contribution >= 4 is 20.0 Å². The summed E-state index contributed by atoms with van der Waals surface area (Å²) < 4.78 is 111. The van der Waals surface area contributed by atoms with Crippen molar-refractivity contribution in [3.8, 4) is 0 Å². The summed E-state index contributed by atoms with van der Waals surface area (Å²) in [5, 5.41) is 0. The van der Waals surface area contributed by atoms with Crippen LogP contribution < -0.4 is 4.13 Å². The van der Waals surface area contributed by atoms with Gasteiger partial charge in [-0.25, -0.2) is 21.8 Å². The number of nitrogens with one attached hydrogen (secondary N) is 1. The van der Waals surface area contributed by atoms with Gasteiger partial charge in [0.15, 0.2) is 0 Å². The predicted molar refractivity (Wildman–Crippen MR) is 79.6 cm³/mol. The van der Waals surface area contributed by atoms with Gasteiger partial charge in [-0.05, 0) is 6.42 Å². The Labute approximate surface area is 146 Å². The fourth-order valence-electron chi connectivity index (χ4n) is 1.43. The number of alkyl halides is 6. The summed E-state index contributed by atoms with van der Waals surface area (Å²) in [6.45, 7) is 5.48. The minimum atomic E-state index is -6.60. The molecule has 0 aromatic carbocycles. The van der Waals surface area contributed by atoms with Gasteiger partial charge in [-0.2, -0.15) is 26.3 Å². The summed E-state index contributed by atoms with van der Waals surface area (Å²) in [4.78, 5) is 4.25. The van der Waals surface area contributed by atoms with E-state index in [9.17, 15) is 43.2 Å². The highest BCUT2D eigenvalue weighted by molar-refractivity contribution is 8.05. The molecule has 1 aromatic heterocycles. The number of imidazole rings is 1. The second-order valence-corrected chi connectivity index (χ2v) is 8.33. The third-order valence-electron chi connectivity index (χ3n) is 2.70. The van der Waals surface area contributed by atoms with Gasteiger partial charge >= 0.3 is 31.1 Å². The Balaban J connectivity index is 0.000000502. The van der Waals surface area contributed by atoms with E-state index in [2.05, 4.69) is 29.6 Å². The molecule has 0 atom stereocenters. The van der Waals surface area contributed by atoms with Crippen LogP contribution in [0.15, 0.2) is 12.4 Å². The van der Waals surface area contributed by atoms with Gasteiger partial charge < -0.3 is 4.57 Å². The van der Waals surface area contributed by atoms with Crippen molar-refractivity contribution in [2.45, 2.75) is 50.7 Å². The van der Waals surface area contributed by atoms with Gasteiger partial charge in [0.25, 0.3) is 0 Å². The SMILES string of the molecule is CCCCn1ccnc1CC.O=S(=O)(NS(=O)(=O)C(F)(F)F)C(F)(F)F. The molecule has 0 radical (unpaired) electrons. The van der Waals surface area contributed by atoms with E-state index in [1.165, 1.54) is 18.7 Å². The van der Waals surface area contributed by atoms with Gasteiger partial charge in [0.05, 0.1) is 0 Å². The lowest BCUT2D eigenvalue weighted by Crippen LogP contribution is -2.45. The Morgan fingerprint density at radius 3 is 1.81 bits per heavy atom. The first-order valence-corrected chi connectivity index (χ1v) is 9.96. The Bertz CT molecular complexity index is 727. The average molecular weight is 433 g/mol. The number of hydrogen-bond donors (Lipinski definition) is 1. The van der Waals surface area contributed by atoms with Crippen LogP contribution in [0.5, 0.6) is 0 Å². The van der Waals surface area contributed by atoms with Crippen molar-refractivity contribution < 1.29 is 43.2 Å². The molecule has 1 N–H and O–H groups in total. The minimum absolute atomic E-state index is 0.493. The molecule has 154 valence electrons. The smallest absolute Gasteiger partial charge is 0.335 e. The number of aromatic nitrogens is 2. The molecular formula is C11H17F6N3O4S2. The van der Waals surface area contributed by atoms with E-state index >= 15 is 0 Å². The first-order chi connectivity index (χ1) is 11.6. The van der Waals surface area contributed by atoms with Crippen molar-refractivity contribution in [3.05, 3.63) is 18.2 Å². The maximum Gasteiger partial charge on any atom is 0.512 e. The quantitative estimate of drug-likeness (QED) is 0.696. The topological polar surface area (TPSA) is 98.1 Å². The molecule has 0 fully saturated rings. The van der Waals surface area contributed by atoms with Crippen LogP contribution in [0.25, 0.3) is 0 Å². The van der Waals surface area contributed by atoms with Crippen molar-refractivity contribution in [1.29, 1.82) is 0 Å². The number of unbranched alkanes of at least 4 members (excludes halogenated alkanes) is 1. The minimum Gasteiger partial charge on any atom is -0.335 e. The first-order valence-electron chi connectivity index (χ1n) is 7.00. The summed E-state index contributed by atoms with van der Waals surface area (Å²) in [5.74, 6) is 1.21. The van der Waals surface area contributed by atoms with Crippen LogP contribution in [0.3, 0.4) is 0 Å². The number of halogens is 6. The van der Waals surface area contributed by atoms with Gasteiger partial charge in [0.1, 0.15) is 5.82 Å². The summed E-state index contributed by atoms with van der Waals surface area (Å²) in [5.41, 5.74) is -12.3. The molecule has 0 aliphatic rings. The lowest BCUT2D eigenvalue weighted by molar-refractivity contribution is -0.0476. The zero-order valence-electron chi connectivity index (χ0n) is 13.6. The molecule has 1 heterocycles. The Morgan fingerprint density at radius 1 is 1.00 bits per heavy atom. The van der Waals surface area contributed by atoms with Crippen molar-refractivity contribution in [2.24, 2.45) is 0 Å². The summed E-state index contributed by atoms with van der Waals surface area (Å²) in [6, 6.07) is 0. The molecule has 0 saturated carbocycles. The fraction of sp³-hybridized carbons (Fsp3) is 0.727. The molecule has 0 saturated heterocycles. The third-order valence-corrected chi connectivity index (χ3v) is 5.67. The molecule has 7 nitrogen and oxygen atoms in total. The Morgan fingerprint density at radius 2 is 1.46 bits per heavy atom. The van der Waals surface area contributed by atoms with E-state index in [-0.39, 0.29) is 0 Å². The Hall–Kier alpha value is -1.35. The van der Waals surface area contributed by atoms with Crippen LogP contribution >= 0.6 is 0 Å². The molecular weight excluding hydrogens is 416 g/mol. The van der Waals surface area contributed by atoms with Crippen LogP contribution in [-0.2, 0) is 33.0 Å². The summed E-state index contributed by atoms with van der Waals surface area (Å²) >= 11 is 0. The van der Waals surface area contributed by atoms with Crippen molar-refractivity contribution in [1.82, 2.24) is 13.7 Å². The van der Waals surface area contributed by atoms with Crippen LogP contribution in [0.2, 0.25) is 0 Å². The number of nitrogens with zero attached hydrogens (tertiary/aromatic N) is 2. The molecule has 0 unspecified atom stereocenters. The standard InChI is InChI=1S/C9H16N2.C2HF6NO4S2/c1-3-5-7-11-8-6-10-9(11)4-2;3-1(4,5)14(10,11)9-15(12,13)2(6,7)8/h6,8H,3-5,7H2,1-2H3;9H. The zero-order valence-corrected chi connectivity index (χ0v) is 15.2. The zero-order chi connectivity index (χ0) is 20.8. The molecule has 1 rings (SSSR count). The van der Waals surface area contributed by atoms with Crippen LogP contribution in [-0.4, -0.2) is 37.4 Å². The molecule has 1 aromatic rings. The molecule has 0 bridgehead atoms. The summed E-state index contributed by atoms with van der Waals surface area (Å²) in [7, 11) is -13.2. The molecule has 0 spiro atoms. The van der Waals surface area contributed by atoms with Crippen LogP contribution in [0, 0.1) is 0 Å². The average Bonchev–Trinajstić information content (AvgIpc) is 2.89. The van der Waals surface area contributed by atoms with Gasteiger partial charge in [0, 0.05) is 25.4 Å². The highest BCUT2D eigenvalue weighted by atomic mass is 32.3. The number of rotatable bonds is 6. The third kappa shape index (κ3) is 7.11. The molecule has 0 aliphatic heterocycles. The van der Waals surface area contributed by atoms with E-state index in [0.29, 0.717) is 0 Å². The normalized spacial score (nSPS) is 13.2. The second-order valence-electron chi connectivity index (χ2n) is 4.73. The summed E-state index contributed by atoms with van der Waals surface area (Å²) in [6.07, 6.45) is 7.49. The van der Waals surface area contributed by atoms with E-state index < -0.39 is 35.2 Å². The largest absolute Gasteiger partial charge is 0.512 e. The fourth-order valence-corrected chi connectivity index (χ4v) is 3.34. The predicted octanol–water partition coefficient (Wildman–Crippen LogP) is 2.52. The molecule has 26 heavy (non-hydrogen) atoms. The van der Waals surface area contributed by atoms with Crippen molar-refractivity contribution in [2.75, 3.05) is 0 Å². The van der Waals surface area contributed by atoms with E-state index in [0.717, 1.165) is 13.0 Å². The highest BCUT2D eigenvalue weighted by Gasteiger charge is 2.55. The van der Waals surface area contributed by atoms with Crippen LogP contribution in [0.1, 0.15) is 32.5 Å². The molecule has 0 amide bonds. The van der Waals surface area contributed by atoms with Crippen molar-refractivity contribution in [3.63, 3.8) is 0 Å². The maximum atomic E-state index is 11.5. The van der Waals surface area contributed by atoms with E-state index in [4.69, 9.17) is 0 Å². The molecule has 0 aliphatic carbocycles. The van der Waals surface area contributed by atoms with Gasteiger partial charge in [-0.3, -0.25) is 0 Å². The van der Waals surface area contributed by atoms with E-state index in [1.807, 2.05) is 6.20 Å². The number of hydrogen-bond acceptors (Lipinski definition) is 5. The maximum absolute atomic E-state index is 11.5. The second kappa shape index (κ2) is 9.03. The van der Waals surface area contributed by atoms with E-state index in [1.54, 1.807) is 0 Å². The lowest BCUT2D eigenvalue weighted by Gasteiger charge is -2.11. The Kier molecular flexibility index (Phi) is 8.56. The highest BCUT2D eigenvalue weighted by Crippen LogP contribution is 2.27.